The first kappa shape index (κ1) is 20.7. The molecule has 3 rings (SSSR count). The fraction of sp³-hybridized carbons (Fsp3) is 0.391. The first-order valence-corrected chi connectivity index (χ1v) is 9.99. The first-order valence-electron chi connectivity index (χ1n) is 9.99. The molecule has 0 saturated carbocycles. The topological polar surface area (TPSA) is 67.9 Å². The van der Waals surface area contributed by atoms with E-state index in [-0.39, 0.29) is 18.4 Å². The molecule has 0 fully saturated rings. The van der Waals surface area contributed by atoms with Crippen LogP contribution in [-0.2, 0) is 9.59 Å². The molecular weight excluding hydrogens is 368 g/mol. The number of hydrogen-bond donors (Lipinski definition) is 1. The van der Waals surface area contributed by atoms with Crippen LogP contribution in [-0.4, -0.2) is 31.6 Å². The van der Waals surface area contributed by atoms with Gasteiger partial charge in [-0.2, -0.15) is 0 Å². The Morgan fingerprint density at radius 3 is 2.69 bits per heavy atom. The van der Waals surface area contributed by atoms with E-state index in [1.807, 2.05) is 37.3 Å². The predicted octanol–water partition coefficient (Wildman–Crippen LogP) is 4.17. The van der Waals surface area contributed by atoms with E-state index < -0.39 is 0 Å². The number of aryl methyl sites for hydroxylation is 1. The maximum absolute atomic E-state index is 12.2. The van der Waals surface area contributed by atoms with Crippen LogP contribution in [0.25, 0.3) is 0 Å². The van der Waals surface area contributed by atoms with E-state index in [0.717, 1.165) is 11.4 Å². The smallest absolute Gasteiger partial charge is 0.265 e. The summed E-state index contributed by atoms with van der Waals surface area (Å²) < 4.78 is 11.2. The Bertz CT molecular complexity index is 862. The Labute approximate surface area is 171 Å². The van der Waals surface area contributed by atoms with Gasteiger partial charge in [0.1, 0.15) is 11.5 Å². The summed E-state index contributed by atoms with van der Waals surface area (Å²) in [4.78, 5) is 26.1. The van der Waals surface area contributed by atoms with Crippen LogP contribution in [0, 0.1) is 12.8 Å². The van der Waals surface area contributed by atoms with Gasteiger partial charge in [-0.25, -0.2) is 0 Å². The van der Waals surface area contributed by atoms with Crippen molar-refractivity contribution in [3.05, 3.63) is 48.0 Å². The number of rotatable bonds is 8. The number of fused-ring (bicyclic) bond motifs is 1. The molecule has 154 valence electrons. The summed E-state index contributed by atoms with van der Waals surface area (Å²) in [5.74, 6) is 1.65. The summed E-state index contributed by atoms with van der Waals surface area (Å²) in [6.07, 6.45) is 0.986. The molecule has 1 heterocycles. The summed E-state index contributed by atoms with van der Waals surface area (Å²) >= 11 is 0. The quantitative estimate of drug-likeness (QED) is 0.680. The Balaban J connectivity index is 1.50. The molecule has 6 nitrogen and oxygen atoms in total. The van der Waals surface area contributed by atoms with E-state index in [0.29, 0.717) is 43.3 Å². The number of nitrogens with one attached hydrogen (secondary N) is 1. The van der Waals surface area contributed by atoms with Crippen LogP contribution in [0.4, 0.5) is 11.4 Å². The largest absolute Gasteiger partial charge is 0.494 e. The average molecular weight is 396 g/mol. The van der Waals surface area contributed by atoms with Crippen molar-refractivity contribution in [3.63, 3.8) is 0 Å². The van der Waals surface area contributed by atoms with E-state index in [4.69, 9.17) is 9.47 Å². The van der Waals surface area contributed by atoms with Gasteiger partial charge in [0.25, 0.3) is 5.91 Å². The minimum Gasteiger partial charge on any atom is -0.494 e. The number of amides is 2. The van der Waals surface area contributed by atoms with Gasteiger partial charge in [-0.15, -0.1) is 0 Å². The maximum Gasteiger partial charge on any atom is 0.265 e. The van der Waals surface area contributed by atoms with E-state index in [1.54, 1.807) is 17.0 Å². The molecule has 2 aromatic carbocycles. The average Bonchev–Trinajstić information content (AvgIpc) is 2.68. The molecule has 2 amide bonds. The molecule has 0 radical (unpaired) electrons. The summed E-state index contributed by atoms with van der Waals surface area (Å²) in [6.45, 7) is 7.31. The van der Waals surface area contributed by atoms with Gasteiger partial charge in [-0.05, 0) is 43.5 Å². The summed E-state index contributed by atoms with van der Waals surface area (Å²) in [5.41, 5.74) is 2.59. The van der Waals surface area contributed by atoms with Gasteiger partial charge in [0.05, 0.1) is 12.3 Å². The second kappa shape index (κ2) is 9.45. The van der Waals surface area contributed by atoms with Crippen molar-refractivity contribution in [1.29, 1.82) is 0 Å². The lowest BCUT2D eigenvalue weighted by Crippen LogP contribution is -2.40. The summed E-state index contributed by atoms with van der Waals surface area (Å²) in [5, 5.41) is 2.89. The highest BCUT2D eigenvalue weighted by molar-refractivity contribution is 5.99. The zero-order valence-electron chi connectivity index (χ0n) is 17.2. The van der Waals surface area contributed by atoms with Crippen LogP contribution >= 0.6 is 0 Å². The highest BCUT2D eigenvalue weighted by atomic mass is 16.5. The molecule has 0 unspecified atom stereocenters. The molecule has 0 saturated heterocycles. The third kappa shape index (κ3) is 5.73. The van der Waals surface area contributed by atoms with Crippen LogP contribution in [0.2, 0.25) is 0 Å². The normalized spacial score (nSPS) is 13.1. The maximum atomic E-state index is 12.2. The minimum atomic E-state index is -0.0802. The number of hydrogen-bond acceptors (Lipinski definition) is 4. The van der Waals surface area contributed by atoms with Gasteiger partial charge in [0.15, 0.2) is 6.61 Å². The molecule has 1 aliphatic heterocycles. The van der Waals surface area contributed by atoms with Gasteiger partial charge >= 0.3 is 0 Å². The van der Waals surface area contributed by atoms with Gasteiger partial charge in [-0.1, -0.05) is 31.5 Å². The molecule has 0 aliphatic carbocycles. The number of ether oxygens (including phenoxy) is 2. The van der Waals surface area contributed by atoms with Crippen molar-refractivity contribution in [2.24, 2.45) is 5.92 Å². The Hall–Kier alpha value is -3.02. The van der Waals surface area contributed by atoms with E-state index in [9.17, 15) is 9.59 Å². The van der Waals surface area contributed by atoms with Crippen LogP contribution in [0.1, 0.15) is 32.3 Å². The van der Waals surface area contributed by atoms with Crippen molar-refractivity contribution in [2.45, 2.75) is 33.6 Å². The van der Waals surface area contributed by atoms with Crippen molar-refractivity contribution < 1.29 is 19.1 Å². The van der Waals surface area contributed by atoms with Crippen LogP contribution in [0.3, 0.4) is 0 Å². The van der Waals surface area contributed by atoms with Gasteiger partial charge < -0.3 is 19.7 Å². The molecule has 1 N–H and O–H groups in total. The lowest BCUT2D eigenvalue weighted by molar-refractivity contribution is -0.121. The lowest BCUT2D eigenvalue weighted by Gasteiger charge is -2.31. The van der Waals surface area contributed by atoms with Crippen molar-refractivity contribution >= 4 is 23.2 Å². The zero-order chi connectivity index (χ0) is 20.8. The lowest BCUT2D eigenvalue weighted by atomic mass is 10.1. The summed E-state index contributed by atoms with van der Waals surface area (Å²) in [7, 11) is 0. The fourth-order valence-electron chi connectivity index (χ4n) is 3.13. The molecule has 6 heteroatoms. The van der Waals surface area contributed by atoms with Crippen molar-refractivity contribution in [3.8, 4) is 11.5 Å². The minimum absolute atomic E-state index is 0.0213. The number of anilines is 2. The monoisotopic (exact) mass is 396 g/mol. The van der Waals surface area contributed by atoms with E-state index in [1.165, 1.54) is 5.56 Å². The van der Waals surface area contributed by atoms with Crippen LogP contribution in [0.5, 0.6) is 11.5 Å². The highest BCUT2D eigenvalue weighted by Crippen LogP contribution is 2.35. The molecule has 0 aromatic heterocycles. The second-order valence-electron chi connectivity index (χ2n) is 7.68. The third-order valence-electron chi connectivity index (χ3n) is 4.57. The number of carbonyl (C=O) groups excluding carboxylic acids is 2. The van der Waals surface area contributed by atoms with E-state index in [2.05, 4.69) is 19.2 Å². The fourth-order valence-corrected chi connectivity index (χ4v) is 3.13. The Morgan fingerprint density at radius 2 is 1.97 bits per heavy atom. The van der Waals surface area contributed by atoms with E-state index >= 15 is 0 Å². The summed E-state index contributed by atoms with van der Waals surface area (Å²) in [6, 6.07) is 13.2. The standard InChI is InChI=1S/C23H28N2O4/c1-16(2)14-25-20-11-8-18(13-21(20)29-15-23(25)27)24-22(26)5-4-12-28-19-9-6-17(3)7-10-19/h6-11,13,16H,4-5,12,14-15H2,1-3H3,(H,24,26). The highest BCUT2D eigenvalue weighted by Gasteiger charge is 2.26. The molecule has 1 aliphatic rings. The van der Waals surface area contributed by atoms with Gasteiger partial charge in [-0.3, -0.25) is 9.59 Å². The molecular formula is C23H28N2O4. The number of benzene rings is 2. The Kier molecular flexibility index (Phi) is 6.75. The molecule has 29 heavy (non-hydrogen) atoms. The molecule has 0 atom stereocenters. The second-order valence-corrected chi connectivity index (χ2v) is 7.68. The zero-order valence-corrected chi connectivity index (χ0v) is 17.2. The SMILES string of the molecule is Cc1ccc(OCCCC(=O)Nc2ccc3c(c2)OCC(=O)N3CC(C)C)cc1. The van der Waals surface area contributed by atoms with Crippen molar-refractivity contribution in [1.82, 2.24) is 0 Å². The molecule has 0 bridgehead atoms. The van der Waals surface area contributed by atoms with Crippen molar-refractivity contribution in [2.75, 3.05) is 30.0 Å². The van der Waals surface area contributed by atoms with Gasteiger partial charge in [0.2, 0.25) is 5.91 Å². The Morgan fingerprint density at radius 1 is 1.21 bits per heavy atom. The molecule has 2 aromatic rings. The van der Waals surface area contributed by atoms with Gasteiger partial charge in [0, 0.05) is 24.7 Å². The number of carbonyl (C=O) groups is 2. The molecule has 0 spiro atoms. The predicted molar refractivity (Wildman–Crippen MR) is 114 cm³/mol. The van der Waals surface area contributed by atoms with Crippen LogP contribution < -0.4 is 19.7 Å². The first-order chi connectivity index (χ1) is 13.9. The van der Waals surface area contributed by atoms with Crippen LogP contribution in [0.15, 0.2) is 42.5 Å². The number of nitrogens with zero attached hydrogens (tertiary/aromatic N) is 1. The third-order valence-corrected chi connectivity index (χ3v) is 4.57.